The van der Waals surface area contributed by atoms with Crippen molar-refractivity contribution in [1.82, 2.24) is 0 Å². The van der Waals surface area contributed by atoms with Gasteiger partial charge in [-0.1, -0.05) is 59.6 Å². The van der Waals surface area contributed by atoms with Crippen molar-refractivity contribution < 1.29 is 0 Å². The molecular weight excluding hydrogens is 387 g/mol. The van der Waals surface area contributed by atoms with E-state index in [2.05, 4.69) is 59.2 Å². The number of halogens is 2. The van der Waals surface area contributed by atoms with E-state index in [1.165, 1.54) is 0 Å². The summed E-state index contributed by atoms with van der Waals surface area (Å²) in [4.78, 5) is 0. The van der Waals surface area contributed by atoms with Gasteiger partial charge in [0.15, 0.2) is 0 Å². The molecule has 4 heteroatoms. The highest BCUT2D eigenvalue weighted by Gasteiger charge is 2.01. The molecule has 0 aromatic heterocycles. The van der Waals surface area contributed by atoms with Crippen molar-refractivity contribution in [3.05, 3.63) is 107 Å². The fraction of sp³-hybridized carbons (Fsp3) is 0. The predicted molar refractivity (Wildman–Crippen MR) is 121 cm³/mol. The van der Waals surface area contributed by atoms with Gasteiger partial charge in [0, 0.05) is 32.8 Å². The van der Waals surface area contributed by atoms with Gasteiger partial charge < -0.3 is 10.6 Å². The van der Waals surface area contributed by atoms with Crippen molar-refractivity contribution in [1.29, 1.82) is 0 Å². The average Bonchev–Trinajstić information content (AvgIpc) is 2.69. The highest BCUT2D eigenvalue weighted by molar-refractivity contribution is 6.31. The summed E-state index contributed by atoms with van der Waals surface area (Å²) in [7, 11) is 0. The van der Waals surface area contributed by atoms with Crippen LogP contribution in [-0.2, 0) is 0 Å². The van der Waals surface area contributed by atoms with E-state index in [4.69, 9.17) is 23.2 Å². The number of hydrogen-bond donors (Lipinski definition) is 2. The third-order valence-electron chi connectivity index (χ3n) is 4.33. The largest absolute Gasteiger partial charge is 0.355 e. The Morgan fingerprint density at radius 1 is 0.429 bits per heavy atom. The third kappa shape index (κ3) is 4.66. The van der Waals surface area contributed by atoms with Crippen molar-refractivity contribution in [2.45, 2.75) is 0 Å². The molecule has 0 fully saturated rings. The summed E-state index contributed by atoms with van der Waals surface area (Å²) in [6, 6.07) is 32.0. The van der Waals surface area contributed by atoms with Crippen LogP contribution < -0.4 is 10.6 Å². The van der Waals surface area contributed by atoms with E-state index >= 15 is 0 Å². The molecule has 0 unspecified atom stereocenters. The molecular formula is C24H18Cl2N2. The molecule has 0 spiro atoms. The van der Waals surface area contributed by atoms with Crippen LogP contribution in [0.3, 0.4) is 0 Å². The molecule has 4 aromatic rings. The van der Waals surface area contributed by atoms with Gasteiger partial charge in [0.1, 0.15) is 0 Å². The Labute approximate surface area is 174 Å². The molecule has 4 aromatic carbocycles. The van der Waals surface area contributed by atoms with Gasteiger partial charge >= 0.3 is 0 Å². The van der Waals surface area contributed by atoms with E-state index in [-0.39, 0.29) is 0 Å². The second-order valence-electron chi connectivity index (χ2n) is 6.43. The SMILES string of the molecule is Clc1cccc(Nc2ccc(-c3ccc(Nc4cccc(Cl)c4)cc3)cc2)c1. The Kier molecular flexibility index (Phi) is 5.52. The van der Waals surface area contributed by atoms with Gasteiger partial charge in [0.2, 0.25) is 0 Å². The van der Waals surface area contributed by atoms with E-state index in [1.54, 1.807) is 0 Å². The highest BCUT2D eigenvalue weighted by Crippen LogP contribution is 2.27. The van der Waals surface area contributed by atoms with Gasteiger partial charge in [-0.15, -0.1) is 0 Å². The number of rotatable bonds is 5. The average molecular weight is 405 g/mol. The molecule has 0 saturated carbocycles. The number of hydrogen-bond acceptors (Lipinski definition) is 2. The lowest BCUT2D eigenvalue weighted by atomic mass is 10.0. The van der Waals surface area contributed by atoms with Crippen LogP contribution >= 0.6 is 23.2 Å². The summed E-state index contributed by atoms with van der Waals surface area (Å²) in [6.45, 7) is 0. The van der Waals surface area contributed by atoms with Gasteiger partial charge in [-0.05, 0) is 71.8 Å². The highest BCUT2D eigenvalue weighted by atomic mass is 35.5. The van der Waals surface area contributed by atoms with Crippen LogP contribution in [0.4, 0.5) is 22.7 Å². The topological polar surface area (TPSA) is 24.1 Å². The number of benzene rings is 4. The van der Waals surface area contributed by atoms with E-state index in [9.17, 15) is 0 Å². The van der Waals surface area contributed by atoms with E-state index < -0.39 is 0 Å². The van der Waals surface area contributed by atoms with Crippen LogP contribution in [0, 0.1) is 0 Å². The first-order chi connectivity index (χ1) is 13.7. The fourth-order valence-electron chi connectivity index (χ4n) is 2.96. The van der Waals surface area contributed by atoms with Crippen LogP contribution in [-0.4, -0.2) is 0 Å². The van der Waals surface area contributed by atoms with Crippen molar-refractivity contribution in [2.75, 3.05) is 10.6 Å². The normalized spacial score (nSPS) is 10.5. The quantitative estimate of drug-likeness (QED) is 0.350. The molecule has 2 nitrogen and oxygen atoms in total. The van der Waals surface area contributed by atoms with Crippen LogP contribution in [0.2, 0.25) is 10.0 Å². The molecule has 0 radical (unpaired) electrons. The number of nitrogens with one attached hydrogen (secondary N) is 2. The molecule has 2 N–H and O–H groups in total. The lowest BCUT2D eigenvalue weighted by Crippen LogP contribution is -1.91. The zero-order valence-electron chi connectivity index (χ0n) is 15.0. The zero-order chi connectivity index (χ0) is 19.3. The molecule has 0 amide bonds. The fourth-order valence-corrected chi connectivity index (χ4v) is 3.34. The molecule has 0 heterocycles. The molecule has 0 aliphatic heterocycles. The van der Waals surface area contributed by atoms with Gasteiger partial charge in [0.25, 0.3) is 0 Å². The third-order valence-corrected chi connectivity index (χ3v) is 4.80. The smallest absolute Gasteiger partial charge is 0.0426 e. The predicted octanol–water partition coefficient (Wildman–Crippen LogP) is 8.15. The van der Waals surface area contributed by atoms with Crippen molar-refractivity contribution in [3.63, 3.8) is 0 Å². The van der Waals surface area contributed by atoms with Gasteiger partial charge in [-0.3, -0.25) is 0 Å². The monoisotopic (exact) mass is 404 g/mol. The summed E-state index contributed by atoms with van der Waals surface area (Å²) in [6.07, 6.45) is 0. The molecule has 28 heavy (non-hydrogen) atoms. The Bertz CT molecular complexity index is 985. The molecule has 0 aliphatic carbocycles. The van der Waals surface area contributed by atoms with Crippen molar-refractivity contribution in [2.24, 2.45) is 0 Å². The van der Waals surface area contributed by atoms with E-state index in [0.29, 0.717) is 10.0 Å². The summed E-state index contributed by atoms with van der Waals surface area (Å²) < 4.78 is 0. The minimum atomic E-state index is 0.716. The molecule has 4 rings (SSSR count). The molecule has 0 bridgehead atoms. The van der Waals surface area contributed by atoms with Crippen molar-refractivity contribution in [3.8, 4) is 11.1 Å². The first-order valence-corrected chi connectivity index (χ1v) is 9.67. The first-order valence-electron chi connectivity index (χ1n) is 8.91. The van der Waals surface area contributed by atoms with Crippen LogP contribution in [0.1, 0.15) is 0 Å². The zero-order valence-corrected chi connectivity index (χ0v) is 16.5. The lowest BCUT2D eigenvalue weighted by Gasteiger charge is -2.10. The minimum Gasteiger partial charge on any atom is -0.355 e. The standard InChI is InChI=1S/C24H18Cl2N2/c25-19-3-1-5-23(15-19)27-21-11-7-17(8-12-21)18-9-13-22(14-10-18)28-24-6-2-4-20(26)16-24/h1-16,27-28H. The van der Waals surface area contributed by atoms with Crippen LogP contribution in [0.15, 0.2) is 97.1 Å². The Morgan fingerprint density at radius 2 is 0.821 bits per heavy atom. The van der Waals surface area contributed by atoms with Crippen LogP contribution in [0.5, 0.6) is 0 Å². The molecule has 0 saturated heterocycles. The van der Waals surface area contributed by atoms with Gasteiger partial charge in [-0.2, -0.15) is 0 Å². The van der Waals surface area contributed by atoms with Crippen molar-refractivity contribution >= 4 is 46.0 Å². The molecule has 0 atom stereocenters. The molecule has 0 aliphatic rings. The Morgan fingerprint density at radius 3 is 1.18 bits per heavy atom. The first kappa shape index (κ1) is 18.4. The number of anilines is 4. The maximum atomic E-state index is 6.04. The summed E-state index contributed by atoms with van der Waals surface area (Å²) in [5.41, 5.74) is 6.29. The van der Waals surface area contributed by atoms with E-state index in [0.717, 1.165) is 33.9 Å². The Hall–Kier alpha value is -2.94. The second-order valence-corrected chi connectivity index (χ2v) is 7.30. The summed E-state index contributed by atoms with van der Waals surface area (Å²) in [5.74, 6) is 0. The molecule has 138 valence electrons. The lowest BCUT2D eigenvalue weighted by molar-refractivity contribution is 1.52. The second kappa shape index (κ2) is 8.39. The van der Waals surface area contributed by atoms with Gasteiger partial charge in [-0.25, -0.2) is 0 Å². The van der Waals surface area contributed by atoms with Crippen LogP contribution in [0.25, 0.3) is 11.1 Å². The van der Waals surface area contributed by atoms with E-state index in [1.807, 2.05) is 48.5 Å². The van der Waals surface area contributed by atoms with Gasteiger partial charge in [0.05, 0.1) is 0 Å². The maximum Gasteiger partial charge on any atom is 0.0426 e. The Balaban J connectivity index is 1.45. The summed E-state index contributed by atoms with van der Waals surface area (Å²) >= 11 is 12.1. The summed E-state index contributed by atoms with van der Waals surface area (Å²) in [5, 5.41) is 8.15. The minimum absolute atomic E-state index is 0.716. The maximum absolute atomic E-state index is 6.04.